The van der Waals surface area contributed by atoms with Crippen LogP contribution in [0.4, 0.5) is 0 Å². The number of rotatable bonds is 8. The summed E-state index contributed by atoms with van der Waals surface area (Å²) in [5.74, 6) is 0.386. The third kappa shape index (κ3) is 8.39. The first-order chi connectivity index (χ1) is 7.10. The van der Waals surface area contributed by atoms with Gasteiger partial charge in [-0.1, -0.05) is 13.8 Å². The van der Waals surface area contributed by atoms with E-state index in [4.69, 9.17) is 5.11 Å². The minimum atomic E-state index is -0.179. The van der Waals surface area contributed by atoms with Crippen molar-refractivity contribution >= 4 is 5.97 Å². The van der Waals surface area contributed by atoms with Gasteiger partial charge in [-0.3, -0.25) is 4.79 Å². The molecule has 15 heavy (non-hydrogen) atoms. The van der Waals surface area contributed by atoms with E-state index < -0.39 is 0 Å². The molecule has 0 aliphatic heterocycles. The Bertz CT molecular complexity index is 171. The van der Waals surface area contributed by atoms with Gasteiger partial charge in [0.25, 0.3) is 0 Å². The zero-order chi connectivity index (χ0) is 11.7. The number of ether oxygens (including phenoxy) is 1. The molecule has 0 radical (unpaired) electrons. The van der Waals surface area contributed by atoms with Crippen molar-refractivity contribution in [3.05, 3.63) is 0 Å². The second-order valence-corrected chi connectivity index (χ2v) is 4.14. The van der Waals surface area contributed by atoms with Gasteiger partial charge in [-0.2, -0.15) is 0 Å². The van der Waals surface area contributed by atoms with Crippen LogP contribution in [0.3, 0.4) is 0 Å². The highest BCUT2D eigenvalue weighted by atomic mass is 16.5. The maximum absolute atomic E-state index is 10.8. The topological polar surface area (TPSA) is 58.6 Å². The summed E-state index contributed by atoms with van der Waals surface area (Å²) in [7, 11) is 1.39. The van der Waals surface area contributed by atoms with Crippen molar-refractivity contribution in [3.8, 4) is 0 Å². The molecule has 0 aliphatic rings. The van der Waals surface area contributed by atoms with Gasteiger partial charge in [0, 0.05) is 12.5 Å². The van der Waals surface area contributed by atoms with Gasteiger partial charge in [-0.25, -0.2) is 0 Å². The molecular weight excluding hydrogens is 194 g/mol. The van der Waals surface area contributed by atoms with E-state index in [0.29, 0.717) is 12.3 Å². The molecule has 0 amide bonds. The number of aliphatic hydroxyl groups excluding tert-OH is 1. The Morgan fingerprint density at radius 1 is 1.47 bits per heavy atom. The van der Waals surface area contributed by atoms with Crippen LogP contribution in [0.15, 0.2) is 0 Å². The van der Waals surface area contributed by atoms with Crippen LogP contribution in [0, 0.1) is 5.92 Å². The average molecular weight is 217 g/mol. The second kappa shape index (κ2) is 8.68. The lowest BCUT2D eigenvalue weighted by Gasteiger charge is -2.17. The molecule has 0 aliphatic carbocycles. The highest BCUT2D eigenvalue weighted by Gasteiger charge is 2.08. The van der Waals surface area contributed by atoms with Gasteiger partial charge in [0.05, 0.1) is 13.7 Å². The Balaban J connectivity index is 3.50. The predicted molar refractivity (Wildman–Crippen MR) is 59.6 cm³/mol. The average Bonchev–Trinajstić information content (AvgIpc) is 2.21. The van der Waals surface area contributed by atoms with Crippen molar-refractivity contribution in [2.75, 3.05) is 20.3 Å². The van der Waals surface area contributed by atoms with E-state index in [9.17, 15) is 4.79 Å². The second-order valence-electron chi connectivity index (χ2n) is 4.14. The first-order valence-corrected chi connectivity index (χ1v) is 5.51. The highest BCUT2D eigenvalue weighted by molar-refractivity contribution is 5.69. The Morgan fingerprint density at radius 3 is 2.60 bits per heavy atom. The molecule has 0 saturated carbocycles. The number of carbonyl (C=O) groups excluding carboxylic acids is 1. The number of nitrogens with one attached hydrogen (secondary N) is 1. The number of aliphatic hydroxyl groups is 1. The SMILES string of the molecule is COC(=O)CCCNC(CO)CC(C)C. The fourth-order valence-corrected chi connectivity index (χ4v) is 1.43. The molecule has 1 unspecified atom stereocenters. The zero-order valence-electron chi connectivity index (χ0n) is 9.95. The molecule has 0 aromatic rings. The maximum Gasteiger partial charge on any atom is 0.305 e. The summed E-state index contributed by atoms with van der Waals surface area (Å²) < 4.78 is 4.53. The molecular formula is C11H23NO3. The van der Waals surface area contributed by atoms with Crippen LogP contribution in [-0.4, -0.2) is 37.4 Å². The lowest BCUT2D eigenvalue weighted by atomic mass is 10.0. The van der Waals surface area contributed by atoms with Crippen molar-refractivity contribution in [1.29, 1.82) is 0 Å². The Labute approximate surface area is 92.0 Å². The normalized spacial score (nSPS) is 12.9. The van der Waals surface area contributed by atoms with Crippen LogP contribution in [0.2, 0.25) is 0 Å². The molecule has 0 rings (SSSR count). The van der Waals surface area contributed by atoms with Gasteiger partial charge in [-0.15, -0.1) is 0 Å². The summed E-state index contributed by atoms with van der Waals surface area (Å²) in [5.41, 5.74) is 0. The van der Waals surface area contributed by atoms with Crippen molar-refractivity contribution in [2.45, 2.75) is 39.2 Å². The Kier molecular flexibility index (Phi) is 8.33. The van der Waals surface area contributed by atoms with Crippen LogP contribution in [0.5, 0.6) is 0 Å². The molecule has 1 atom stereocenters. The number of methoxy groups -OCH3 is 1. The van der Waals surface area contributed by atoms with Gasteiger partial charge in [0.15, 0.2) is 0 Å². The molecule has 0 saturated heterocycles. The summed E-state index contributed by atoms with van der Waals surface area (Å²) in [6.45, 7) is 5.14. The standard InChI is InChI=1S/C11H23NO3/c1-9(2)7-10(8-13)12-6-4-5-11(14)15-3/h9-10,12-13H,4-8H2,1-3H3. The fourth-order valence-electron chi connectivity index (χ4n) is 1.43. The predicted octanol–water partition coefficient (Wildman–Crippen LogP) is 0.936. The lowest BCUT2D eigenvalue weighted by molar-refractivity contribution is -0.140. The molecule has 0 aromatic heterocycles. The van der Waals surface area contributed by atoms with Gasteiger partial charge in [0.1, 0.15) is 0 Å². The summed E-state index contributed by atoms with van der Waals surface area (Å²) in [5, 5.41) is 12.3. The van der Waals surface area contributed by atoms with Gasteiger partial charge < -0.3 is 15.2 Å². The lowest BCUT2D eigenvalue weighted by Crippen LogP contribution is -2.34. The summed E-state index contributed by atoms with van der Waals surface area (Å²) in [6, 6.07) is 0.141. The Hall–Kier alpha value is -0.610. The molecule has 2 N–H and O–H groups in total. The molecule has 90 valence electrons. The van der Waals surface area contributed by atoms with E-state index in [0.717, 1.165) is 19.4 Å². The van der Waals surface area contributed by atoms with Crippen molar-refractivity contribution in [3.63, 3.8) is 0 Å². The monoisotopic (exact) mass is 217 g/mol. The first-order valence-electron chi connectivity index (χ1n) is 5.51. The molecule has 4 nitrogen and oxygen atoms in total. The van der Waals surface area contributed by atoms with Gasteiger partial charge >= 0.3 is 5.97 Å². The van der Waals surface area contributed by atoms with Crippen LogP contribution in [0.1, 0.15) is 33.1 Å². The molecule has 0 aromatic carbocycles. The minimum absolute atomic E-state index is 0.141. The smallest absolute Gasteiger partial charge is 0.305 e. The fraction of sp³-hybridized carbons (Fsp3) is 0.909. The third-order valence-corrected chi connectivity index (χ3v) is 2.19. The number of esters is 1. The van der Waals surface area contributed by atoms with Crippen molar-refractivity contribution in [2.24, 2.45) is 5.92 Å². The van der Waals surface area contributed by atoms with Gasteiger partial charge in [0.2, 0.25) is 0 Å². The highest BCUT2D eigenvalue weighted by Crippen LogP contribution is 2.04. The molecule has 0 spiro atoms. The Morgan fingerprint density at radius 2 is 2.13 bits per heavy atom. The largest absolute Gasteiger partial charge is 0.469 e. The maximum atomic E-state index is 10.8. The third-order valence-electron chi connectivity index (χ3n) is 2.19. The summed E-state index contributed by atoms with van der Waals surface area (Å²) in [6.07, 6.45) is 2.14. The number of carbonyl (C=O) groups is 1. The van der Waals surface area contributed by atoms with Crippen molar-refractivity contribution in [1.82, 2.24) is 5.32 Å². The van der Waals surface area contributed by atoms with E-state index in [-0.39, 0.29) is 18.6 Å². The van der Waals surface area contributed by atoms with E-state index in [1.807, 2.05) is 0 Å². The van der Waals surface area contributed by atoms with Crippen LogP contribution < -0.4 is 5.32 Å². The quantitative estimate of drug-likeness (QED) is 0.469. The number of hydrogen-bond acceptors (Lipinski definition) is 4. The van der Waals surface area contributed by atoms with Crippen molar-refractivity contribution < 1.29 is 14.6 Å². The molecule has 0 fully saturated rings. The van der Waals surface area contributed by atoms with E-state index in [2.05, 4.69) is 23.9 Å². The minimum Gasteiger partial charge on any atom is -0.469 e. The summed E-state index contributed by atoms with van der Waals surface area (Å²) in [4.78, 5) is 10.8. The van der Waals surface area contributed by atoms with Gasteiger partial charge in [-0.05, 0) is 25.3 Å². The molecule has 4 heteroatoms. The van der Waals surface area contributed by atoms with Crippen LogP contribution in [0.25, 0.3) is 0 Å². The molecule has 0 heterocycles. The van der Waals surface area contributed by atoms with Crippen LogP contribution >= 0.6 is 0 Å². The first kappa shape index (κ1) is 14.4. The van der Waals surface area contributed by atoms with E-state index in [1.54, 1.807) is 0 Å². The summed E-state index contributed by atoms with van der Waals surface area (Å²) >= 11 is 0. The number of hydrogen-bond donors (Lipinski definition) is 2. The zero-order valence-corrected chi connectivity index (χ0v) is 9.95. The molecule has 0 bridgehead atoms. The van der Waals surface area contributed by atoms with E-state index in [1.165, 1.54) is 7.11 Å². The van der Waals surface area contributed by atoms with Crippen LogP contribution in [-0.2, 0) is 9.53 Å². The van der Waals surface area contributed by atoms with E-state index >= 15 is 0 Å².